The van der Waals surface area contributed by atoms with Gasteiger partial charge in [0.1, 0.15) is 6.54 Å². The second-order valence-corrected chi connectivity index (χ2v) is 7.76. The lowest BCUT2D eigenvalue weighted by atomic mass is 10.2. The SMILES string of the molecule is CC(=N)/C(NC(=O)COC(=O)Cn1c(C)cc2ccccc21)=C(/C)Nc1ccc(C)cc1. The van der Waals surface area contributed by atoms with E-state index in [1.54, 1.807) is 13.8 Å². The summed E-state index contributed by atoms with van der Waals surface area (Å²) in [7, 11) is 0. The first-order valence-electron chi connectivity index (χ1n) is 10.3. The third-order valence-electron chi connectivity index (χ3n) is 5.07. The van der Waals surface area contributed by atoms with E-state index < -0.39 is 18.5 Å². The van der Waals surface area contributed by atoms with Crippen LogP contribution in [-0.2, 0) is 20.9 Å². The molecule has 32 heavy (non-hydrogen) atoms. The molecule has 0 spiro atoms. The summed E-state index contributed by atoms with van der Waals surface area (Å²) in [5.74, 6) is -1.00. The van der Waals surface area contributed by atoms with E-state index in [1.807, 2.05) is 73.0 Å². The van der Waals surface area contributed by atoms with Crippen LogP contribution in [0, 0.1) is 19.3 Å². The molecule has 1 heterocycles. The van der Waals surface area contributed by atoms with Crippen LogP contribution in [0.4, 0.5) is 5.69 Å². The number of aryl methyl sites for hydroxylation is 2. The Labute approximate surface area is 187 Å². The van der Waals surface area contributed by atoms with Crippen molar-refractivity contribution >= 4 is 34.2 Å². The predicted octanol–water partition coefficient (Wildman–Crippen LogP) is 4.30. The van der Waals surface area contributed by atoms with Gasteiger partial charge in [-0.1, -0.05) is 35.9 Å². The third kappa shape index (κ3) is 5.63. The highest BCUT2D eigenvalue weighted by Crippen LogP contribution is 2.19. The van der Waals surface area contributed by atoms with Crippen molar-refractivity contribution in [1.82, 2.24) is 9.88 Å². The summed E-state index contributed by atoms with van der Waals surface area (Å²) in [4.78, 5) is 24.7. The van der Waals surface area contributed by atoms with Crippen LogP contribution in [0.2, 0.25) is 0 Å². The Balaban J connectivity index is 1.60. The van der Waals surface area contributed by atoms with Gasteiger partial charge in [0, 0.05) is 22.6 Å². The minimum Gasteiger partial charge on any atom is -0.454 e. The highest BCUT2D eigenvalue weighted by Gasteiger charge is 2.15. The van der Waals surface area contributed by atoms with Gasteiger partial charge in [-0.15, -0.1) is 0 Å². The van der Waals surface area contributed by atoms with Crippen molar-refractivity contribution in [3.8, 4) is 0 Å². The quantitative estimate of drug-likeness (QED) is 0.365. The minimum atomic E-state index is -0.504. The molecule has 0 fully saturated rings. The van der Waals surface area contributed by atoms with Gasteiger partial charge in [-0.3, -0.25) is 9.59 Å². The number of hydrogen-bond donors (Lipinski definition) is 3. The first-order valence-corrected chi connectivity index (χ1v) is 10.3. The largest absolute Gasteiger partial charge is 0.454 e. The maximum atomic E-state index is 12.4. The lowest BCUT2D eigenvalue weighted by Crippen LogP contribution is -2.32. The molecule has 0 radical (unpaired) electrons. The normalized spacial score (nSPS) is 11.6. The van der Waals surface area contributed by atoms with E-state index in [9.17, 15) is 9.59 Å². The Morgan fingerprint density at radius 1 is 1.03 bits per heavy atom. The van der Waals surface area contributed by atoms with E-state index in [0.717, 1.165) is 27.8 Å². The molecule has 0 bridgehead atoms. The Morgan fingerprint density at radius 3 is 2.41 bits per heavy atom. The number of rotatable bonds is 8. The molecule has 0 saturated carbocycles. The average molecular weight is 433 g/mol. The first-order chi connectivity index (χ1) is 15.2. The molecule has 1 aromatic heterocycles. The highest BCUT2D eigenvalue weighted by atomic mass is 16.5. The molecule has 0 aliphatic rings. The number of allylic oxidation sites excluding steroid dienone is 2. The van der Waals surface area contributed by atoms with E-state index >= 15 is 0 Å². The van der Waals surface area contributed by atoms with Gasteiger partial charge in [-0.25, -0.2) is 0 Å². The Hall–Kier alpha value is -3.87. The number of benzene rings is 2. The summed E-state index contributed by atoms with van der Waals surface area (Å²) in [5.41, 5.74) is 5.02. The van der Waals surface area contributed by atoms with Crippen molar-refractivity contribution in [1.29, 1.82) is 5.41 Å². The van der Waals surface area contributed by atoms with Crippen LogP contribution < -0.4 is 10.6 Å². The maximum absolute atomic E-state index is 12.4. The van der Waals surface area contributed by atoms with Gasteiger partial charge in [-0.05, 0) is 57.3 Å². The van der Waals surface area contributed by atoms with Crippen LogP contribution in [-0.4, -0.2) is 28.8 Å². The van der Waals surface area contributed by atoms with Crippen LogP contribution in [0.5, 0.6) is 0 Å². The van der Waals surface area contributed by atoms with Crippen molar-refractivity contribution in [2.45, 2.75) is 34.2 Å². The standard InChI is InChI=1S/C25H28N4O3/c1-16-9-11-21(12-10-16)27-19(4)25(18(3)26)28-23(30)15-32-24(31)14-29-17(2)13-20-7-5-6-8-22(20)29/h5-13,26-27H,14-15H2,1-4H3,(H,28,30)/b25-19+,26-18?. The van der Waals surface area contributed by atoms with Gasteiger partial charge < -0.3 is 25.3 Å². The topological polar surface area (TPSA) is 96.2 Å². The number of nitrogens with zero attached hydrogens (tertiary/aromatic N) is 1. The molecule has 7 heteroatoms. The Morgan fingerprint density at radius 2 is 1.72 bits per heavy atom. The van der Waals surface area contributed by atoms with Crippen molar-refractivity contribution in [2.24, 2.45) is 0 Å². The minimum absolute atomic E-state index is 0.0208. The van der Waals surface area contributed by atoms with Gasteiger partial charge in [-0.2, -0.15) is 0 Å². The van der Waals surface area contributed by atoms with Crippen LogP contribution in [0.25, 0.3) is 10.9 Å². The molecule has 166 valence electrons. The monoisotopic (exact) mass is 432 g/mol. The lowest BCUT2D eigenvalue weighted by Gasteiger charge is -2.15. The molecular formula is C25H28N4O3. The smallest absolute Gasteiger partial charge is 0.326 e. The van der Waals surface area contributed by atoms with E-state index in [1.165, 1.54) is 0 Å². The van der Waals surface area contributed by atoms with Gasteiger partial charge in [0.15, 0.2) is 6.61 Å². The molecule has 0 unspecified atom stereocenters. The molecule has 0 saturated heterocycles. The molecule has 3 N–H and O–H groups in total. The van der Waals surface area contributed by atoms with E-state index in [4.69, 9.17) is 10.1 Å². The number of ether oxygens (including phenoxy) is 1. The van der Waals surface area contributed by atoms with E-state index in [2.05, 4.69) is 10.6 Å². The molecular weight excluding hydrogens is 404 g/mol. The van der Waals surface area contributed by atoms with Gasteiger partial charge in [0.05, 0.1) is 11.4 Å². The molecule has 0 aliphatic carbocycles. The van der Waals surface area contributed by atoms with Crippen LogP contribution in [0.3, 0.4) is 0 Å². The number of aromatic nitrogens is 1. The molecule has 3 rings (SSSR count). The molecule has 1 amide bonds. The summed E-state index contributed by atoms with van der Waals surface area (Å²) in [5, 5.41) is 14.9. The fraction of sp³-hybridized carbons (Fsp3) is 0.240. The summed E-state index contributed by atoms with van der Waals surface area (Å²) in [6, 6.07) is 17.6. The third-order valence-corrected chi connectivity index (χ3v) is 5.07. The van der Waals surface area contributed by atoms with Crippen molar-refractivity contribution < 1.29 is 14.3 Å². The van der Waals surface area contributed by atoms with E-state index in [0.29, 0.717) is 11.4 Å². The summed E-state index contributed by atoms with van der Waals surface area (Å²) in [6.45, 7) is 6.88. The molecule has 0 aliphatic heterocycles. The summed E-state index contributed by atoms with van der Waals surface area (Å²) in [6.07, 6.45) is 0. The average Bonchev–Trinajstić information content (AvgIpc) is 3.07. The number of carbonyl (C=O) groups excluding carboxylic acids is 2. The number of para-hydroxylation sites is 1. The Kier molecular flexibility index (Phi) is 7.10. The second kappa shape index (κ2) is 9.96. The van der Waals surface area contributed by atoms with Crippen LogP contribution in [0.15, 0.2) is 66.0 Å². The predicted molar refractivity (Wildman–Crippen MR) is 127 cm³/mol. The number of nitrogens with one attached hydrogen (secondary N) is 3. The number of anilines is 1. The lowest BCUT2D eigenvalue weighted by molar-refractivity contribution is -0.148. The number of hydrogen-bond acceptors (Lipinski definition) is 5. The van der Waals surface area contributed by atoms with Crippen LogP contribution >= 0.6 is 0 Å². The summed E-state index contributed by atoms with van der Waals surface area (Å²) < 4.78 is 7.05. The van der Waals surface area contributed by atoms with Crippen molar-refractivity contribution in [3.05, 3.63) is 77.2 Å². The number of amides is 1. The molecule has 3 aromatic rings. The fourth-order valence-corrected chi connectivity index (χ4v) is 3.44. The van der Waals surface area contributed by atoms with Gasteiger partial charge in [0.25, 0.3) is 5.91 Å². The number of fused-ring (bicyclic) bond motifs is 1. The summed E-state index contributed by atoms with van der Waals surface area (Å²) >= 11 is 0. The fourth-order valence-electron chi connectivity index (χ4n) is 3.44. The zero-order chi connectivity index (χ0) is 23.3. The van der Waals surface area contributed by atoms with Gasteiger partial charge >= 0.3 is 5.97 Å². The molecule has 2 aromatic carbocycles. The van der Waals surface area contributed by atoms with Crippen LogP contribution in [0.1, 0.15) is 25.1 Å². The number of esters is 1. The first kappa shape index (κ1) is 22.8. The maximum Gasteiger partial charge on any atom is 0.326 e. The molecule has 0 atom stereocenters. The molecule has 7 nitrogen and oxygen atoms in total. The van der Waals surface area contributed by atoms with Crippen molar-refractivity contribution in [3.63, 3.8) is 0 Å². The zero-order valence-corrected chi connectivity index (χ0v) is 18.8. The zero-order valence-electron chi connectivity index (χ0n) is 18.8. The van der Waals surface area contributed by atoms with Crippen molar-refractivity contribution in [2.75, 3.05) is 11.9 Å². The Bertz CT molecular complexity index is 1190. The second-order valence-electron chi connectivity index (χ2n) is 7.76. The van der Waals surface area contributed by atoms with E-state index in [-0.39, 0.29) is 12.3 Å². The van der Waals surface area contributed by atoms with Gasteiger partial charge in [0.2, 0.25) is 0 Å². The highest BCUT2D eigenvalue weighted by molar-refractivity contribution is 6.00. The number of carbonyl (C=O) groups is 2.